The number of carbonyl (C=O) groups excluding carboxylic acids is 2. The lowest BCUT2D eigenvalue weighted by atomic mass is 10.1. The van der Waals surface area contributed by atoms with Gasteiger partial charge in [-0.3, -0.25) is 14.5 Å². The number of nitrogens with one attached hydrogen (secondary N) is 1. The normalized spacial score (nSPS) is 20.0. The average molecular weight is 439 g/mol. The molecule has 0 saturated carbocycles. The van der Waals surface area contributed by atoms with Crippen LogP contribution in [-0.2, 0) is 16.0 Å². The molecule has 2 fully saturated rings. The largest absolute Gasteiger partial charge is 0.376 e. The van der Waals surface area contributed by atoms with Crippen molar-refractivity contribution in [3.63, 3.8) is 0 Å². The van der Waals surface area contributed by atoms with E-state index in [1.165, 1.54) is 6.08 Å². The Kier molecular flexibility index (Phi) is 7.44. The number of likely N-dealkylation sites (tertiary alicyclic amines) is 1. The van der Waals surface area contributed by atoms with Gasteiger partial charge >= 0.3 is 0 Å². The van der Waals surface area contributed by atoms with Crippen LogP contribution in [0.25, 0.3) is 0 Å². The molecule has 1 N–H and O–H groups in total. The zero-order valence-corrected chi connectivity index (χ0v) is 18.3. The summed E-state index contributed by atoms with van der Waals surface area (Å²) in [5.74, 6) is 0.0776. The molecule has 8 heteroatoms. The molecule has 1 atom stereocenters. The summed E-state index contributed by atoms with van der Waals surface area (Å²) in [6, 6.07) is 4.00. The highest BCUT2D eigenvalue weighted by Crippen LogP contribution is 2.29. The molecule has 3 rings (SSSR count). The number of aryl methyl sites for hydroxylation is 1. The summed E-state index contributed by atoms with van der Waals surface area (Å²) in [5.41, 5.74) is 1.89. The molecule has 0 aromatic heterocycles. The van der Waals surface area contributed by atoms with Gasteiger partial charge in [-0.1, -0.05) is 36.7 Å². The molecule has 1 aromatic carbocycles. The third-order valence-electron chi connectivity index (χ3n) is 5.79. The van der Waals surface area contributed by atoms with E-state index in [0.717, 1.165) is 50.3 Å². The number of benzene rings is 1. The van der Waals surface area contributed by atoms with Crippen LogP contribution in [0.1, 0.15) is 18.9 Å². The van der Waals surface area contributed by atoms with Crippen molar-refractivity contribution in [2.45, 2.75) is 25.8 Å². The number of anilines is 1. The summed E-state index contributed by atoms with van der Waals surface area (Å²) >= 11 is 12.2. The smallest absolute Gasteiger partial charge is 0.246 e. The first kappa shape index (κ1) is 21.9. The fraction of sp³-hybridized carbons (Fsp3) is 0.524. The number of piperazine rings is 1. The first-order chi connectivity index (χ1) is 13.9. The van der Waals surface area contributed by atoms with E-state index in [1.807, 2.05) is 22.8 Å². The van der Waals surface area contributed by atoms with Gasteiger partial charge in [-0.05, 0) is 36.6 Å². The van der Waals surface area contributed by atoms with E-state index in [9.17, 15) is 9.59 Å². The molecule has 2 aliphatic heterocycles. The molecule has 2 amide bonds. The lowest BCUT2D eigenvalue weighted by molar-refractivity contribution is -0.131. The molecule has 6 nitrogen and oxygen atoms in total. The summed E-state index contributed by atoms with van der Waals surface area (Å²) in [6.07, 6.45) is 3.16. The van der Waals surface area contributed by atoms with Crippen molar-refractivity contribution in [2.75, 3.05) is 51.1 Å². The Morgan fingerprint density at radius 1 is 1.14 bits per heavy atom. The first-order valence-corrected chi connectivity index (χ1v) is 10.8. The van der Waals surface area contributed by atoms with Gasteiger partial charge in [0, 0.05) is 51.0 Å². The topological polar surface area (TPSA) is 55.9 Å². The van der Waals surface area contributed by atoms with E-state index in [2.05, 4.69) is 16.8 Å². The van der Waals surface area contributed by atoms with E-state index >= 15 is 0 Å². The Morgan fingerprint density at radius 3 is 2.48 bits per heavy atom. The number of nitrogens with zero attached hydrogens (tertiary/aromatic N) is 3. The zero-order valence-electron chi connectivity index (χ0n) is 16.8. The van der Waals surface area contributed by atoms with Gasteiger partial charge in [0.1, 0.15) is 0 Å². The second-order valence-electron chi connectivity index (χ2n) is 7.48. The molecule has 0 bridgehead atoms. The summed E-state index contributed by atoms with van der Waals surface area (Å²) in [4.78, 5) is 30.6. The third-order valence-corrected chi connectivity index (χ3v) is 6.51. The van der Waals surface area contributed by atoms with Gasteiger partial charge in [0.25, 0.3) is 0 Å². The van der Waals surface area contributed by atoms with Gasteiger partial charge in [-0.15, -0.1) is 0 Å². The van der Waals surface area contributed by atoms with E-state index < -0.39 is 0 Å². The van der Waals surface area contributed by atoms with Gasteiger partial charge in [0.15, 0.2) is 0 Å². The fourth-order valence-electron chi connectivity index (χ4n) is 4.03. The average Bonchev–Trinajstić information content (AvgIpc) is 3.23. The van der Waals surface area contributed by atoms with E-state index in [1.54, 1.807) is 6.07 Å². The van der Waals surface area contributed by atoms with Crippen molar-refractivity contribution < 1.29 is 9.59 Å². The monoisotopic (exact) mass is 438 g/mol. The maximum absolute atomic E-state index is 12.7. The van der Waals surface area contributed by atoms with Gasteiger partial charge in [0.2, 0.25) is 11.8 Å². The Bertz CT molecular complexity index is 778. The summed E-state index contributed by atoms with van der Waals surface area (Å²) < 4.78 is 0. The van der Waals surface area contributed by atoms with Crippen LogP contribution in [0, 0.1) is 0 Å². The van der Waals surface area contributed by atoms with Crippen LogP contribution in [0.2, 0.25) is 10.0 Å². The minimum absolute atomic E-state index is 0.00106. The molecule has 1 unspecified atom stereocenters. The van der Waals surface area contributed by atoms with Crippen molar-refractivity contribution in [1.29, 1.82) is 0 Å². The number of halogens is 2. The fourth-order valence-corrected chi connectivity index (χ4v) is 4.38. The van der Waals surface area contributed by atoms with Gasteiger partial charge in [-0.2, -0.15) is 0 Å². The quantitative estimate of drug-likeness (QED) is 0.693. The van der Waals surface area contributed by atoms with Crippen LogP contribution >= 0.6 is 23.2 Å². The molecular weight excluding hydrogens is 411 g/mol. The zero-order chi connectivity index (χ0) is 21.0. The van der Waals surface area contributed by atoms with Gasteiger partial charge in [-0.25, -0.2) is 0 Å². The van der Waals surface area contributed by atoms with Crippen LogP contribution < -0.4 is 5.32 Å². The number of rotatable bonds is 6. The summed E-state index contributed by atoms with van der Waals surface area (Å²) in [7, 11) is 0. The molecule has 0 spiro atoms. The van der Waals surface area contributed by atoms with E-state index in [4.69, 9.17) is 23.2 Å². The van der Waals surface area contributed by atoms with E-state index in [-0.39, 0.29) is 18.4 Å². The summed E-state index contributed by atoms with van der Waals surface area (Å²) in [6.45, 7) is 10.4. The Labute approximate surface area is 182 Å². The highest BCUT2D eigenvalue weighted by molar-refractivity contribution is 6.42. The van der Waals surface area contributed by atoms with Crippen molar-refractivity contribution in [3.8, 4) is 0 Å². The Morgan fingerprint density at radius 2 is 1.83 bits per heavy atom. The van der Waals surface area contributed by atoms with Crippen molar-refractivity contribution in [2.24, 2.45) is 0 Å². The molecular formula is C21H28Cl2N4O2. The lowest BCUT2D eigenvalue weighted by Crippen LogP contribution is -2.53. The Hall–Kier alpha value is -1.76. The molecule has 29 heavy (non-hydrogen) atoms. The molecule has 2 heterocycles. The molecule has 0 radical (unpaired) electrons. The predicted octanol–water partition coefficient (Wildman–Crippen LogP) is 2.90. The standard InChI is InChI=1S/C21H28Cl2N4O2/c1-3-15-11-17(22)18(23)12-19(15)24-13-21(29)26-9-7-25(8-10-26)16-5-6-27(14-16)20(28)4-2/h4,11-12,16,24H,2-3,5-10,13-14H2,1H3. The van der Waals surface area contributed by atoms with Crippen LogP contribution in [0.3, 0.4) is 0 Å². The van der Waals surface area contributed by atoms with Crippen molar-refractivity contribution in [1.82, 2.24) is 14.7 Å². The Balaban J connectivity index is 1.48. The molecule has 2 saturated heterocycles. The first-order valence-electron chi connectivity index (χ1n) is 10.1. The van der Waals surface area contributed by atoms with Crippen molar-refractivity contribution >= 4 is 40.7 Å². The highest BCUT2D eigenvalue weighted by atomic mass is 35.5. The summed E-state index contributed by atoms with van der Waals surface area (Å²) in [5, 5.41) is 4.22. The third kappa shape index (κ3) is 5.24. The van der Waals surface area contributed by atoms with Crippen LogP contribution in [0.15, 0.2) is 24.8 Å². The van der Waals surface area contributed by atoms with Crippen LogP contribution in [0.5, 0.6) is 0 Å². The molecule has 158 valence electrons. The van der Waals surface area contributed by atoms with Gasteiger partial charge in [0.05, 0.1) is 16.6 Å². The second-order valence-corrected chi connectivity index (χ2v) is 8.29. The number of hydrogen-bond acceptors (Lipinski definition) is 4. The highest BCUT2D eigenvalue weighted by Gasteiger charge is 2.32. The van der Waals surface area contributed by atoms with Crippen LogP contribution in [0.4, 0.5) is 5.69 Å². The maximum Gasteiger partial charge on any atom is 0.246 e. The molecule has 2 aliphatic rings. The minimum atomic E-state index is 0.00106. The lowest BCUT2D eigenvalue weighted by Gasteiger charge is -2.38. The number of carbonyl (C=O) groups is 2. The van der Waals surface area contributed by atoms with Crippen LogP contribution in [-0.4, -0.2) is 78.4 Å². The SMILES string of the molecule is C=CC(=O)N1CCC(N2CCN(C(=O)CNc3cc(Cl)c(Cl)cc3CC)CC2)C1. The molecule has 1 aromatic rings. The number of hydrogen-bond donors (Lipinski definition) is 1. The second kappa shape index (κ2) is 9.83. The minimum Gasteiger partial charge on any atom is -0.376 e. The van der Waals surface area contributed by atoms with E-state index in [0.29, 0.717) is 29.2 Å². The molecule has 0 aliphatic carbocycles. The maximum atomic E-state index is 12.7. The predicted molar refractivity (Wildman–Crippen MR) is 118 cm³/mol. The van der Waals surface area contributed by atoms with Crippen molar-refractivity contribution in [3.05, 3.63) is 40.4 Å². The number of amides is 2. The van der Waals surface area contributed by atoms with Gasteiger partial charge < -0.3 is 15.1 Å².